The average Bonchev–Trinajstić information content (AvgIpc) is 0.845. The fourth-order valence-corrected chi connectivity index (χ4v) is 9.36. The molecule has 0 radical (unpaired) electrons. The molecule has 16 amide bonds. The van der Waals surface area contributed by atoms with Crippen LogP contribution in [0.5, 0.6) is 0 Å². The molecular formula is C61H82F24N16O19. The summed E-state index contributed by atoms with van der Waals surface area (Å²) >= 11 is 0. The van der Waals surface area contributed by atoms with E-state index in [-0.39, 0.29) is 0 Å². The molecule has 0 aromatic rings. The van der Waals surface area contributed by atoms with Gasteiger partial charge in [0.15, 0.2) is 0 Å². The SMILES string of the molecule is CC(C)(C)OC(=O)NC(CCCNC(=O)C(F)(F)F)C(=O)NC(CCCNC(=O)C(F)(F)F)C(=O)NC(CCCNC(=O)C(F)(F)F)C(=O)NC(CCCNC(=O)C(F)(F)F)C(=O)NC(CCCNC(=O)C(F)(F)F)C(=O)NC(CCCNC(=O)C(F)(F)F)C(=O)NC(CCCNC(=O)C(F)(F)F)C(=O)NC(CCCNC(=O)C(F)(F)F)C(=O)O. The molecule has 120 heavy (non-hydrogen) atoms. The number of alkyl halides is 24. The summed E-state index contributed by atoms with van der Waals surface area (Å²) in [6.45, 7) is -4.93. The Balaban J connectivity index is 8.55. The van der Waals surface area contributed by atoms with Gasteiger partial charge in [-0.15, -0.1) is 0 Å². The largest absolute Gasteiger partial charge is 0.480 e. The molecule has 0 aliphatic carbocycles. The zero-order valence-electron chi connectivity index (χ0n) is 62.5. The predicted molar refractivity (Wildman–Crippen MR) is 351 cm³/mol. The van der Waals surface area contributed by atoms with Crippen molar-refractivity contribution in [3.8, 4) is 0 Å². The predicted octanol–water partition coefficient (Wildman–Crippen LogP) is 1.03. The number of amides is 16. The van der Waals surface area contributed by atoms with Gasteiger partial charge in [0.1, 0.15) is 53.9 Å². The molecule has 0 aromatic carbocycles. The highest BCUT2D eigenvalue weighted by atomic mass is 19.4. The van der Waals surface area contributed by atoms with Gasteiger partial charge in [-0.2, -0.15) is 105 Å². The van der Waals surface area contributed by atoms with Gasteiger partial charge in [0.2, 0.25) is 41.4 Å². The van der Waals surface area contributed by atoms with E-state index in [1.165, 1.54) is 63.3 Å². The van der Waals surface area contributed by atoms with E-state index in [1.807, 2.05) is 37.2 Å². The molecule has 0 aliphatic heterocycles. The summed E-state index contributed by atoms with van der Waals surface area (Å²) in [5.41, 5.74) is -1.41. The molecule has 0 rings (SSSR count). The number of halogens is 24. The molecule has 0 bridgehead atoms. The minimum Gasteiger partial charge on any atom is -0.480 e. The van der Waals surface area contributed by atoms with Crippen LogP contribution in [-0.2, 0) is 81.4 Å². The first-order chi connectivity index (χ1) is 54.7. The third kappa shape index (κ3) is 45.9. The number of carboxylic acids is 1. The zero-order chi connectivity index (χ0) is 92.9. The van der Waals surface area contributed by atoms with Gasteiger partial charge in [-0.1, -0.05) is 0 Å². The first kappa shape index (κ1) is 109. The Morgan fingerprint density at radius 2 is 0.350 bits per heavy atom. The minimum absolute atomic E-state index is 0.677. The van der Waals surface area contributed by atoms with Gasteiger partial charge < -0.3 is 94.9 Å². The lowest BCUT2D eigenvalue weighted by molar-refractivity contribution is -0.173. The number of aliphatic carboxylic acids is 1. The van der Waals surface area contributed by atoms with Crippen LogP contribution in [0, 0.1) is 0 Å². The second-order valence-corrected chi connectivity index (χ2v) is 26.1. The van der Waals surface area contributed by atoms with Crippen molar-refractivity contribution in [2.24, 2.45) is 0 Å². The highest BCUT2D eigenvalue weighted by Crippen LogP contribution is 2.22. The van der Waals surface area contributed by atoms with Crippen molar-refractivity contribution >= 4 is 101 Å². The summed E-state index contributed by atoms with van der Waals surface area (Å²) in [5, 5.41) is 35.7. The van der Waals surface area contributed by atoms with Crippen LogP contribution in [0.25, 0.3) is 0 Å². The zero-order valence-corrected chi connectivity index (χ0v) is 62.5. The van der Waals surface area contributed by atoms with E-state index < -0.39 is 359 Å². The van der Waals surface area contributed by atoms with E-state index in [9.17, 15) is 192 Å². The number of carboxylic acid groups (broad SMARTS) is 1. The number of carbonyl (C=O) groups is 17. The second kappa shape index (κ2) is 49.0. The van der Waals surface area contributed by atoms with E-state index in [2.05, 4.69) is 0 Å². The van der Waals surface area contributed by atoms with Gasteiger partial charge in [-0.3, -0.25) is 71.9 Å². The van der Waals surface area contributed by atoms with Crippen molar-refractivity contribution in [3.63, 3.8) is 0 Å². The smallest absolute Gasteiger partial charge is 0.471 e. The number of hydrogen-bond acceptors (Lipinski definition) is 18. The summed E-state index contributed by atoms with van der Waals surface area (Å²) in [4.78, 5) is 219. The molecule has 35 nitrogen and oxygen atoms in total. The van der Waals surface area contributed by atoms with E-state index in [0.29, 0.717) is 0 Å². The number of nitrogens with one attached hydrogen (secondary N) is 16. The Hall–Kier alpha value is -10.9. The van der Waals surface area contributed by atoms with Gasteiger partial charge in [0.05, 0.1) is 0 Å². The molecule has 0 fully saturated rings. The van der Waals surface area contributed by atoms with Crippen LogP contribution in [0.1, 0.15) is 124 Å². The third-order valence-electron chi connectivity index (χ3n) is 15.1. The van der Waals surface area contributed by atoms with Gasteiger partial charge in [0.25, 0.3) is 0 Å². The maximum Gasteiger partial charge on any atom is 0.471 e. The Morgan fingerprint density at radius 3 is 0.475 bits per heavy atom. The fraction of sp³-hybridized carbons (Fsp3) is 0.721. The number of rotatable bonds is 48. The monoisotopic (exact) mass is 1800 g/mol. The van der Waals surface area contributed by atoms with Crippen molar-refractivity contribution in [2.45, 2.75) is 227 Å². The van der Waals surface area contributed by atoms with Crippen LogP contribution in [0.3, 0.4) is 0 Å². The summed E-state index contributed by atoms with van der Waals surface area (Å²) in [6, 6.07) is -19.1. The summed E-state index contributed by atoms with van der Waals surface area (Å²) in [6.07, 6.45) is -61.6. The first-order valence-corrected chi connectivity index (χ1v) is 34.9. The van der Waals surface area contributed by atoms with Crippen LogP contribution in [0.4, 0.5) is 110 Å². The van der Waals surface area contributed by atoms with Gasteiger partial charge in [0, 0.05) is 52.4 Å². The third-order valence-corrected chi connectivity index (χ3v) is 15.1. The molecule has 0 saturated heterocycles. The van der Waals surface area contributed by atoms with Crippen molar-refractivity contribution in [1.82, 2.24) is 85.1 Å². The maximum atomic E-state index is 14.7. The van der Waals surface area contributed by atoms with Crippen LogP contribution in [0.2, 0.25) is 0 Å². The molecule has 17 N–H and O–H groups in total. The molecule has 0 spiro atoms. The van der Waals surface area contributed by atoms with Crippen LogP contribution < -0.4 is 85.1 Å². The highest BCUT2D eigenvalue weighted by Gasteiger charge is 2.45. The fourth-order valence-electron chi connectivity index (χ4n) is 9.36. The summed E-state index contributed by atoms with van der Waals surface area (Å²) in [7, 11) is 0. The first-order valence-electron chi connectivity index (χ1n) is 34.9. The van der Waals surface area contributed by atoms with Crippen LogP contribution in [0.15, 0.2) is 0 Å². The van der Waals surface area contributed by atoms with Crippen molar-refractivity contribution in [1.29, 1.82) is 0 Å². The Kier molecular flexibility index (Phi) is 44.5. The normalized spacial score (nSPS) is 14.3. The van der Waals surface area contributed by atoms with Gasteiger partial charge >= 0.3 is 109 Å². The summed E-state index contributed by atoms with van der Waals surface area (Å²) in [5.74, 6) is -35.5. The molecule has 0 aliphatic rings. The van der Waals surface area contributed by atoms with E-state index in [1.54, 1.807) is 5.32 Å². The van der Waals surface area contributed by atoms with Crippen molar-refractivity contribution < 1.29 is 197 Å². The molecule has 59 heteroatoms. The van der Waals surface area contributed by atoms with Gasteiger partial charge in [-0.25, -0.2) is 9.59 Å². The van der Waals surface area contributed by atoms with Gasteiger partial charge in [-0.05, 0) is 124 Å². The number of ether oxygens (including phenoxy) is 1. The highest BCUT2D eigenvalue weighted by molar-refractivity contribution is 5.98. The lowest BCUT2D eigenvalue weighted by atomic mass is 10.0. The Morgan fingerprint density at radius 1 is 0.225 bits per heavy atom. The molecule has 688 valence electrons. The Bertz CT molecular complexity index is 3500. The van der Waals surface area contributed by atoms with Crippen molar-refractivity contribution in [3.05, 3.63) is 0 Å². The van der Waals surface area contributed by atoms with Crippen molar-refractivity contribution in [2.75, 3.05) is 52.4 Å². The number of alkyl carbamates (subject to hydrolysis) is 1. The summed E-state index contributed by atoms with van der Waals surface area (Å²) < 4.78 is 321. The average molecular weight is 1800 g/mol. The maximum absolute atomic E-state index is 14.7. The van der Waals surface area contributed by atoms with Crippen LogP contribution >= 0.6 is 0 Å². The molecule has 8 atom stereocenters. The Labute approximate surface area is 660 Å². The van der Waals surface area contributed by atoms with E-state index in [4.69, 9.17) is 4.74 Å². The lowest BCUT2D eigenvalue weighted by Gasteiger charge is -2.28. The number of carbonyl (C=O) groups excluding carboxylic acids is 16. The van der Waals surface area contributed by atoms with E-state index >= 15 is 0 Å². The lowest BCUT2D eigenvalue weighted by Crippen LogP contribution is -2.60. The standard InChI is InChI=1S/C61H82F24N16O19/c1-53(2,3)120-52(119)101-34(18-10-26-92-50(117)60(80,81)82)42(108)99-32(16-8-24-90-48(115)58(74,75)76)40(106)97-30(14-6-22-88-46(113)56(68,69)70)38(104)95-28(12-4-20-86-44(111)54(62,63)64)36(102)94-29(13-5-21-87-45(112)55(65,66)67)37(103)96-31(15-7-23-89-47(114)57(71,72)73)39(105)98-33(17-9-25-91-49(116)59(77,78)79)41(107)100-35(43(109)110)19-11-27-93-51(118)61(83,84)85/h28-35H,4-27H2,1-3H3,(H,86,111)(H,87,112)(H,88,113)(H,89,114)(H,90,115)(H,91,116)(H,92,117)(H,93,118)(H,94,102)(H,95,104)(H,96,103)(H,97,106)(H,98,105)(H,99,108)(H,100,107)(H,101,119)(H,109,110). The molecule has 0 saturated carbocycles. The molecular weight excluding hydrogens is 1720 g/mol. The minimum atomic E-state index is -5.67. The number of hydrogen-bond donors (Lipinski definition) is 17. The van der Waals surface area contributed by atoms with Crippen LogP contribution in [-0.4, -0.2) is 261 Å². The topological polar surface area (TPSA) is 512 Å². The quantitative estimate of drug-likeness (QED) is 0.0299. The second-order valence-electron chi connectivity index (χ2n) is 26.1. The molecule has 0 heterocycles. The van der Waals surface area contributed by atoms with E-state index in [0.717, 1.165) is 0 Å². The molecule has 0 aromatic heterocycles. The molecule has 8 unspecified atom stereocenters.